The number of amides is 2. The van der Waals surface area contributed by atoms with E-state index >= 15 is 0 Å². The smallest absolute Gasteiger partial charge is 0.408 e. The Morgan fingerprint density at radius 2 is 1.45 bits per heavy atom. The van der Waals surface area contributed by atoms with Crippen LogP contribution in [-0.4, -0.2) is 42.8 Å². The molecule has 0 aromatic heterocycles. The molecule has 0 spiro atoms. The summed E-state index contributed by atoms with van der Waals surface area (Å²) in [6, 6.07) is 13.8. The van der Waals surface area contributed by atoms with E-state index < -0.39 is 41.1 Å². The number of hydrogen-bond donors (Lipinski definition) is 2. The molecule has 8 heteroatoms. The molecule has 0 saturated heterocycles. The van der Waals surface area contributed by atoms with Crippen molar-refractivity contribution in [2.24, 2.45) is 5.41 Å². The van der Waals surface area contributed by atoms with Crippen molar-refractivity contribution in [2.45, 2.75) is 98.4 Å². The van der Waals surface area contributed by atoms with Gasteiger partial charge in [-0.2, -0.15) is 0 Å². The number of esters is 1. The van der Waals surface area contributed by atoms with Crippen LogP contribution in [0.3, 0.4) is 0 Å². The van der Waals surface area contributed by atoms with Gasteiger partial charge >= 0.3 is 12.1 Å². The molecule has 0 aliphatic heterocycles. The predicted molar refractivity (Wildman–Crippen MR) is 156 cm³/mol. The second-order valence-electron chi connectivity index (χ2n) is 13.1. The van der Waals surface area contributed by atoms with Gasteiger partial charge < -0.3 is 24.8 Å². The van der Waals surface area contributed by atoms with Crippen molar-refractivity contribution in [3.63, 3.8) is 0 Å². The van der Waals surface area contributed by atoms with Gasteiger partial charge in [0.05, 0.1) is 7.11 Å². The van der Waals surface area contributed by atoms with Crippen LogP contribution in [0.15, 0.2) is 48.5 Å². The van der Waals surface area contributed by atoms with Crippen molar-refractivity contribution in [3.8, 4) is 5.75 Å². The van der Waals surface area contributed by atoms with Crippen molar-refractivity contribution >= 4 is 18.0 Å². The monoisotopic (exact) mass is 554 g/mol. The van der Waals surface area contributed by atoms with Crippen LogP contribution in [0, 0.1) is 5.41 Å². The van der Waals surface area contributed by atoms with Gasteiger partial charge in [-0.1, -0.05) is 84.0 Å². The molecule has 0 aliphatic carbocycles. The molecular weight excluding hydrogens is 508 g/mol. The first-order valence-electron chi connectivity index (χ1n) is 13.6. The highest BCUT2D eigenvalue weighted by Crippen LogP contribution is 2.33. The number of ether oxygens (including phenoxy) is 3. The molecular formula is C32H46N2O6. The van der Waals surface area contributed by atoms with Crippen LogP contribution in [0.2, 0.25) is 0 Å². The maximum atomic E-state index is 13.4. The Morgan fingerprint density at radius 3 is 1.98 bits per heavy atom. The maximum absolute atomic E-state index is 13.4. The normalized spacial score (nSPS) is 13.6. The van der Waals surface area contributed by atoms with E-state index in [1.165, 1.54) is 7.11 Å². The Bertz CT molecular complexity index is 1160. The quantitative estimate of drug-likeness (QED) is 0.385. The van der Waals surface area contributed by atoms with Crippen LogP contribution in [0.5, 0.6) is 5.75 Å². The Hall–Kier alpha value is -3.55. The minimum Gasteiger partial charge on any atom is -0.489 e. The van der Waals surface area contributed by atoms with Crippen LogP contribution in [0.25, 0.3) is 0 Å². The number of rotatable bonds is 9. The van der Waals surface area contributed by atoms with Crippen LogP contribution in [0.4, 0.5) is 4.79 Å². The van der Waals surface area contributed by atoms with Gasteiger partial charge in [-0.15, -0.1) is 0 Å². The zero-order valence-electron chi connectivity index (χ0n) is 25.6. The van der Waals surface area contributed by atoms with E-state index in [1.807, 2.05) is 69.3 Å². The first-order chi connectivity index (χ1) is 18.4. The lowest BCUT2D eigenvalue weighted by molar-refractivity contribution is -0.145. The Balaban J connectivity index is 2.28. The highest BCUT2D eigenvalue weighted by Gasteiger charge is 2.36. The zero-order chi connectivity index (χ0) is 30.3. The molecule has 40 heavy (non-hydrogen) atoms. The molecule has 0 radical (unpaired) electrons. The summed E-state index contributed by atoms with van der Waals surface area (Å²) < 4.78 is 16.5. The van der Waals surface area contributed by atoms with E-state index in [-0.39, 0.29) is 11.8 Å². The first-order valence-corrected chi connectivity index (χ1v) is 13.6. The molecule has 0 saturated carbocycles. The van der Waals surface area contributed by atoms with E-state index in [0.717, 1.165) is 22.4 Å². The van der Waals surface area contributed by atoms with E-state index in [0.29, 0.717) is 6.61 Å². The van der Waals surface area contributed by atoms with Crippen LogP contribution < -0.4 is 15.4 Å². The van der Waals surface area contributed by atoms with Crippen molar-refractivity contribution < 1.29 is 28.6 Å². The highest BCUT2D eigenvalue weighted by molar-refractivity contribution is 5.90. The summed E-state index contributed by atoms with van der Waals surface area (Å²) in [4.78, 5) is 38.6. The summed E-state index contributed by atoms with van der Waals surface area (Å²) in [6.07, 6.45) is -0.512. The average molecular weight is 555 g/mol. The second-order valence-corrected chi connectivity index (χ2v) is 13.1. The Morgan fingerprint density at radius 1 is 0.825 bits per heavy atom. The van der Waals surface area contributed by atoms with Crippen molar-refractivity contribution in [3.05, 3.63) is 65.2 Å². The van der Waals surface area contributed by atoms with Gasteiger partial charge in [0.25, 0.3) is 0 Å². The molecule has 0 fully saturated rings. The van der Waals surface area contributed by atoms with E-state index in [4.69, 9.17) is 14.2 Å². The SMILES string of the molecule is COC(=O)[C@H](Cc1ccc(OCc2ccccc2)c(C(C)(C)C)c1)NC(=O)[C@@H](NC(=O)OC(C)(C)C)C(C)(C)C. The third-order valence-corrected chi connectivity index (χ3v) is 6.12. The number of carbonyl (C=O) groups is 3. The van der Waals surface area contributed by atoms with Crippen LogP contribution in [-0.2, 0) is 37.5 Å². The molecule has 2 atom stereocenters. The lowest BCUT2D eigenvalue weighted by Gasteiger charge is -2.32. The summed E-state index contributed by atoms with van der Waals surface area (Å²) >= 11 is 0. The van der Waals surface area contributed by atoms with Gasteiger partial charge in [0.15, 0.2) is 0 Å². The number of benzene rings is 2. The molecule has 0 aliphatic rings. The lowest BCUT2D eigenvalue weighted by atomic mass is 9.84. The average Bonchev–Trinajstić information content (AvgIpc) is 2.83. The van der Waals surface area contributed by atoms with Gasteiger partial charge in [0, 0.05) is 6.42 Å². The topological polar surface area (TPSA) is 103 Å². The summed E-state index contributed by atoms with van der Waals surface area (Å²) in [7, 11) is 1.28. The first kappa shape index (κ1) is 32.7. The van der Waals surface area contributed by atoms with Gasteiger partial charge in [0.1, 0.15) is 30.0 Å². The summed E-state index contributed by atoms with van der Waals surface area (Å²) in [6.45, 7) is 17.4. The number of carbonyl (C=O) groups excluding carboxylic acids is 3. The largest absolute Gasteiger partial charge is 0.489 e. The molecule has 2 rings (SSSR count). The molecule has 220 valence electrons. The van der Waals surface area contributed by atoms with Gasteiger partial charge in [-0.3, -0.25) is 4.79 Å². The summed E-state index contributed by atoms with van der Waals surface area (Å²) in [5, 5.41) is 5.46. The fourth-order valence-electron chi connectivity index (χ4n) is 4.08. The highest BCUT2D eigenvalue weighted by atomic mass is 16.6. The molecule has 2 N–H and O–H groups in total. The Kier molecular flexibility index (Phi) is 10.8. The van der Waals surface area contributed by atoms with E-state index in [9.17, 15) is 14.4 Å². The maximum Gasteiger partial charge on any atom is 0.408 e. The van der Waals surface area contributed by atoms with Crippen LogP contribution >= 0.6 is 0 Å². The van der Waals surface area contributed by atoms with Gasteiger partial charge in [-0.05, 0) is 54.4 Å². The predicted octanol–water partition coefficient (Wildman–Crippen LogP) is 5.70. The fourth-order valence-corrected chi connectivity index (χ4v) is 4.08. The molecule has 0 unspecified atom stereocenters. The molecule has 0 bridgehead atoms. The van der Waals surface area contributed by atoms with E-state index in [1.54, 1.807) is 20.8 Å². The molecule has 2 aromatic rings. The summed E-state index contributed by atoms with van der Waals surface area (Å²) in [5.74, 6) is -0.333. The molecule has 0 heterocycles. The third-order valence-electron chi connectivity index (χ3n) is 6.12. The van der Waals surface area contributed by atoms with Crippen molar-refractivity contribution in [2.75, 3.05) is 7.11 Å². The fraction of sp³-hybridized carbons (Fsp3) is 0.531. The number of methoxy groups -OCH3 is 1. The number of alkyl carbamates (subject to hydrolysis) is 1. The second kappa shape index (κ2) is 13.2. The van der Waals surface area contributed by atoms with Crippen molar-refractivity contribution in [1.29, 1.82) is 0 Å². The number of hydrogen-bond acceptors (Lipinski definition) is 6. The zero-order valence-corrected chi connectivity index (χ0v) is 25.6. The van der Waals surface area contributed by atoms with Gasteiger partial charge in [0.2, 0.25) is 5.91 Å². The minimum atomic E-state index is -0.966. The molecule has 8 nitrogen and oxygen atoms in total. The lowest BCUT2D eigenvalue weighted by Crippen LogP contribution is -2.57. The van der Waals surface area contributed by atoms with Crippen molar-refractivity contribution in [1.82, 2.24) is 10.6 Å². The molecule has 2 aromatic carbocycles. The van der Waals surface area contributed by atoms with E-state index in [2.05, 4.69) is 31.4 Å². The molecule has 2 amide bonds. The standard InChI is InChI=1S/C32H46N2O6/c1-30(2,3)23-18-22(16-17-25(23)39-20-21-14-12-11-13-15-21)19-24(28(36)38-10)33-27(35)26(31(4,5)6)34-29(37)40-32(7,8)9/h11-18,24,26H,19-20H2,1-10H3,(H,33,35)(H,34,37)/t24-,26+/m0/s1. The summed E-state index contributed by atoms with van der Waals surface area (Å²) in [5.41, 5.74) is 1.27. The third kappa shape index (κ3) is 10.2. The Labute approximate surface area is 239 Å². The van der Waals surface area contributed by atoms with Gasteiger partial charge in [-0.25, -0.2) is 9.59 Å². The number of nitrogens with one attached hydrogen (secondary N) is 2. The minimum absolute atomic E-state index is 0.198. The van der Waals surface area contributed by atoms with Crippen LogP contribution in [0.1, 0.15) is 79.0 Å².